The number of hydrogen-bond donors (Lipinski definition) is 1. The van der Waals surface area contributed by atoms with E-state index >= 15 is 0 Å². The number of nitrogens with one attached hydrogen (secondary N) is 1. The zero-order valence-corrected chi connectivity index (χ0v) is 10.1. The van der Waals surface area contributed by atoms with E-state index < -0.39 is 0 Å². The molecule has 0 saturated heterocycles. The zero-order chi connectivity index (χ0) is 10.6. The van der Waals surface area contributed by atoms with Gasteiger partial charge >= 0.3 is 0 Å². The highest BCUT2D eigenvalue weighted by Crippen LogP contribution is 2.16. The minimum atomic E-state index is -0.197. The highest BCUT2D eigenvalue weighted by Gasteiger charge is 2.14. The molecule has 0 saturated carbocycles. The second-order valence-electron chi connectivity index (χ2n) is 2.96. The fourth-order valence-electron chi connectivity index (χ4n) is 0.993. The summed E-state index contributed by atoms with van der Waals surface area (Å²) in [5, 5.41) is 3.80. The molecule has 1 atom stereocenters. The normalized spacial score (nSPS) is 12.5. The molecule has 1 N–H and O–H groups in total. The molecule has 1 heterocycles. The van der Waals surface area contributed by atoms with Crippen LogP contribution in [0, 0.1) is 0 Å². The van der Waals surface area contributed by atoms with E-state index in [0.29, 0.717) is 5.56 Å². The molecule has 1 unspecified atom stereocenters. The van der Waals surface area contributed by atoms with Crippen molar-refractivity contribution in [2.75, 3.05) is 5.33 Å². The van der Waals surface area contributed by atoms with Gasteiger partial charge in [-0.15, -0.1) is 0 Å². The molecule has 3 nitrogen and oxygen atoms in total. The van der Waals surface area contributed by atoms with Crippen LogP contribution in [0.2, 0.25) is 5.22 Å². The second kappa shape index (κ2) is 5.41. The molecule has 0 aliphatic carbocycles. The zero-order valence-electron chi connectivity index (χ0n) is 7.72. The van der Waals surface area contributed by atoms with E-state index in [9.17, 15) is 4.79 Å². The Morgan fingerprint density at radius 2 is 2.50 bits per heavy atom. The van der Waals surface area contributed by atoms with Gasteiger partial charge in [0, 0.05) is 11.4 Å². The Hall–Kier alpha value is -0.480. The number of halogens is 2. The Morgan fingerprint density at radius 1 is 1.79 bits per heavy atom. The Morgan fingerprint density at radius 3 is 3.00 bits per heavy atom. The Balaban J connectivity index is 2.55. The van der Waals surface area contributed by atoms with Crippen LogP contribution in [0.25, 0.3) is 0 Å². The first-order valence-electron chi connectivity index (χ1n) is 4.25. The highest BCUT2D eigenvalue weighted by molar-refractivity contribution is 9.09. The lowest BCUT2D eigenvalue weighted by atomic mass is 10.2. The molecule has 0 spiro atoms. The fraction of sp³-hybridized carbons (Fsp3) is 0.444. The maximum atomic E-state index is 11.5. The van der Waals surface area contributed by atoms with Gasteiger partial charge in [0.25, 0.3) is 5.91 Å². The van der Waals surface area contributed by atoms with Crippen LogP contribution in [-0.2, 0) is 0 Å². The summed E-state index contributed by atoms with van der Waals surface area (Å²) < 4.78 is 4.82. The van der Waals surface area contributed by atoms with Gasteiger partial charge in [0.1, 0.15) is 0 Å². The highest BCUT2D eigenvalue weighted by atomic mass is 79.9. The molecule has 0 radical (unpaired) electrons. The molecule has 1 aromatic rings. The summed E-state index contributed by atoms with van der Waals surface area (Å²) in [6.45, 7) is 1.94. The van der Waals surface area contributed by atoms with E-state index in [1.807, 2.05) is 6.92 Å². The maximum Gasteiger partial charge on any atom is 0.256 e. The van der Waals surface area contributed by atoms with E-state index in [1.54, 1.807) is 6.07 Å². The van der Waals surface area contributed by atoms with Crippen molar-refractivity contribution in [2.45, 2.75) is 19.4 Å². The summed E-state index contributed by atoms with van der Waals surface area (Å²) in [5.41, 5.74) is 0.382. The third-order valence-corrected chi connectivity index (χ3v) is 2.53. The average Bonchev–Trinajstić information content (AvgIpc) is 2.51. The van der Waals surface area contributed by atoms with Gasteiger partial charge in [-0.3, -0.25) is 4.79 Å². The van der Waals surface area contributed by atoms with Crippen molar-refractivity contribution in [3.05, 3.63) is 23.1 Å². The van der Waals surface area contributed by atoms with Crippen molar-refractivity contribution in [3.63, 3.8) is 0 Å². The Kier molecular flexibility index (Phi) is 4.48. The Bertz CT molecular complexity index is 314. The first kappa shape index (κ1) is 11.6. The van der Waals surface area contributed by atoms with Crippen molar-refractivity contribution in [1.29, 1.82) is 0 Å². The lowest BCUT2D eigenvalue weighted by molar-refractivity contribution is 0.0939. The summed E-state index contributed by atoms with van der Waals surface area (Å²) in [6, 6.07) is 1.67. The third-order valence-electron chi connectivity index (χ3n) is 1.78. The van der Waals surface area contributed by atoms with Crippen LogP contribution in [-0.4, -0.2) is 17.3 Å². The number of carbonyl (C=O) groups excluding carboxylic acids is 1. The minimum absolute atomic E-state index is 0.118. The molecule has 0 aliphatic rings. The number of hydrogen-bond acceptors (Lipinski definition) is 2. The van der Waals surface area contributed by atoms with Gasteiger partial charge in [0.2, 0.25) is 5.22 Å². The minimum Gasteiger partial charge on any atom is -0.452 e. The van der Waals surface area contributed by atoms with E-state index in [1.165, 1.54) is 6.26 Å². The number of furan rings is 1. The van der Waals surface area contributed by atoms with Crippen LogP contribution in [0.4, 0.5) is 0 Å². The first-order chi connectivity index (χ1) is 6.65. The van der Waals surface area contributed by atoms with E-state index in [-0.39, 0.29) is 17.2 Å². The lowest BCUT2D eigenvalue weighted by Crippen LogP contribution is -2.32. The number of carbonyl (C=O) groups is 1. The van der Waals surface area contributed by atoms with Gasteiger partial charge < -0.3 is 9.73 Å². The molecule has 14 heavy (non-hydrogen) atoms. The Labute approximate surface area is 95.9 Å². The topological polar surface area (TPSA) is 42.2 Å². The van der Waals surface area contributed by atoms with Gasteiger partial charge in [0.15, 0.2) is 0 Å². The number of alkyl halides is 1. The average molecular weight is 281 g/mol. The SMILES string of the molecule is CC(CCBr)NC(=O)c1ccoc1Cl. The van der Waals surface area contributed by atoms with Crippen LogP contribution >= 0.6 is 27.5 Å². The van der Waals surface area contributed by atoms with Gasteiger partial charge in [-0.1, -0.05) is 15.9 Å². The molecule has 1 rings (SSSR count). The fourth-order valence-corrected chi connectivity index (χ4v) is 1.88. The summed E-state index contributed by atoms with van der Waals surface area (Å²) >= 11 is 8.97. The van der Waals surface area contributed by atoms with E-state index in [0.717, 1.165) is 11.8 Å². The van der Waals surface area contributed by atoms with Gasteiger partial charge in [-0.25, -0.2) is 0 Å². The van der Waals surface area contributed by atoms with E-state index in [2.05, 4.69) is 21.2 Å². The molecular formula is C9H11BrClNO2. The van der Waals surface area contributed by atoms with Crippen molar-refractivity contribution in [3.8, 4) is 0 Å². The summed E-state index contributed by atoms with van der Waals surface area (Å²) in [7, 11) is 0. The number of amides is 1. The molecule has 5 heteroatoms. The molecule has 0 aliphatic heterocycles. The first-order valence-corrected chi connectivity index (χ1v) is 5.75. The number of rotatable bonds is 4. The van der Waals surface area contributed by atoms with Crippen molar-refractivity contribution in [1.82, 2.24) is 5.32 Å². The van der Waals surface area contributed by atoms with Gasteiger partial charge in [-0.2, -0.15) is 0 Å². The smallest absolute Gasteiger partial charge is 0.256 e. The van der Waals surface area contributed by atoms with Gasteiger partial charge in [-0.05, 0) is 31.0 Å². The molecule has 1 aromatic heterocycles. The van der Waals surface area contributed by atoms with E-state index in [4.69, 9.17) is 16.0 Å². The third kappa shape index (κ3) is 3.03. The largest absolute Gasteiger partial charge is 0.452 e. The quantitative estimate of drug-likeness (QED) is 0.862. The van der Waals surface area contributed by atoms with Crippen LogP contribution in [0.5, 0.6) is 0 Å². The van der Waals surface area contributed by atoms with Crippen LogP contribution < -0.4 is 5.32 Å². The molecule has 1 amide bonds. The predicted molar refractivity (Wildman–Crippen MR) is 59.1 cm³/mol. The molecule has 0 fully saturated rings. The predicted octanol–water partition coefficient (Wildman–Crippen LogP) is 2.84. The lowest BCUT2D eigenvalue weighted by Gasteiger charge is -2.11. The summed E-state index contributed by atoms with van der Waals surface area (Å²) in [4.78, 5) is 11.5. The van der Waals surface area contributed by atoms with Crippen LogP contribution in [0.3, 0.4) is 0 Å². The summed E-state index contributed by atoms with van der Waals surface area (Å²) in [5.74, 6) is -0.197. The van der Waals surface area contributed by atoms with Crippen molar-refractivity contribution < 1.29 is 9.21 Å². The van der Waals surface area contributed by atoms with Crippen molar-refractivity contribution >= 4 is 33.4 Å². The second-order valence-corrected chi connectivity index (χ2v) is 4.10. The van der Waals surface area contributed by atoms with Crippen LogP contribution in [0.1, 0.15) is 23.7 Å². The monoisotopic (exact) mass is 279 g/mol. The van der Waals surface area contributed by atoms with Crippen molar-refractivity contribution in [2.24, 2.45) is 0 Å². The van der Waals surface area contributed by atoms with Gasteiger partial charge in [0.05, 0.1) is 11.8 Å². The maximum absolute atomic E-state index is 11.5. The molecular weight excluding hydrogens is 269 g/mol. The standard InChI is InChI=1S/C9H11BrClNO2/c1-6(2-4-10)12-9(13)7-3-5-14-8(7)11/h3,5-6H,2,4H2,1H3,(H,12,13). The molecule has 0 bridgehead atoms. The molecule has 0 aromatic carbocycles. The summed E-state index contributed by atoms with van der Waals surface area (Å²) in [6.07, 6.45) is 2.27. The van der Waals surface area contributed by atoms with Crippen LogP contribution in [0.15, 0.2) is 16.7 Å². The molecule has 78 valence electrons.